The van der Waals surface area contributed by atoms with Crippen molar-refractivity contribution in [3.63, 3.8) is 0 Å². The summed E-state index contributed by atoms with van der Waals surface area (Å²) in [6.45, 7) is 2.23. The Morgan fingerprint density at radius 2 is 1.38 bits per heavy atom. The highest BCUT2D eigenvalue weighted by molar-refractivity contribution is 6.40. The first-order valence-corrected chi connectivity index (χ1v) is 5.52. The fourth-order valence-corrected chi connectivity index (χ4v) is 3.65. The second-order valence-electron chi connectivity index (χ2n) is 5.07. The maximum atomic E-state index is 6.25. The van der Waals surface area contributed by atoms with Gasteiger partial charge < -0.3 is 4.90 Å². The van der Waals surface area contributed by atoms with Gasteiger partial charge in [-0.3, -0.25) is 0 Å². The van der Waals surface area contributed by atoms with Crippen LogP contribution in [-0.4, -0.2) is 39.0 Å². The van der Waals surface area contributed by atoms with Crippen LogP contribution >= 0.6 is 0 Å². The molecule has 3 heteroatoms. The van der Waals surface area contributed by atoms with E-state index in [-0.39, 0.29) is 0 Å². The van der Waals surface area contributed by atoms with Crippen LogP contribution in [0.4, 0.5) is 0 Å². The third kappa shape index (κ3) is 1.12. The highest BCUT2D eigenvalue weighted by Crippen LogP contribution is 2.54. The van der Waals surface area contributed by atoms with Crippen LogP contribution in [0.5, 0.6) is 0 Å². The van der Waals surface area contributed by atoms with Gasteiger partial charge in [-0.05, 0) is 43.4 Å². The first-order valence-electron chi connectivity index (χ1n) is 5.52. The highest BCUT2D eigenvalue weighted by atomic mass is 15.3. The minimum Gasteiger partial charge on any atom is -0.312 e. The number of nitrogens with zero attached hydrogens (tertiary/aromatic N) is 1. The quantitative estimate of drug-likeness (QED) is 0.437. The molecule has 13 heavy (non-hydrogen) atoms. The molecule has 2 saturated carbocycles. The van der Waals surface area contributed by atoms with E-state index >= 15 is 0 Å². The topological polar surface area (TPSA) is 3.01 Å². The van der Waals surface area contributed by atoms with Crippen molar-refractivity contribution in [1.82, 2.24) is 4.90 Å². The van der Waals surface area contributed by atoms with E-state index in [9.17, 15) is 0 Å². The second-order valence-corrected chi connectivity index (χ2v) is 5.07. The molecule has 2 bridgehead atoms. The molecule has 0 aromatic rings. The lowest BCUT2D eigenvalue weighted by Gasteiger charge is -2.38. The van der Waals surface area contributed by atoms with Crippen molar-refractivity contribution >= 4 is 15.7 Å². The minimum absolute atomic E-state index is 0.470. The fraction of sp³-hybridized carbons (Fsp3) is 1.00. The maximum absolute atomic E-state index is 6.25. The first kappa shape index (κ1) is 8.40. The molecule has 2 aliphatic carbocycles. The number of hydrogen-bond acceptors (Lipinski definition) is 1. The van der Waals surface area contributed by atoms with Crippen molar-refractivity contribution in [3.8, 4) is 0 Å². The molecule has 1 heterocycles. The number of hydrogen-bond donors (Lipinski definition) is 0. The van der Waals surface area contributed by atoms with Crippen LogP contribution in [0.3, 0.4) is 0 Å². The first-order chi connectivity index (χ1) is 6.19. The number of rotatable bonds is 2. The Labute approximate surface area is 83.1 Å². The Bertz CT molecular complexity index is 205. The van der Waals surface area contributed by atoms with E-state index in [0.717, 1.165) is 24.9 Å². The lowest BCUT2D eigenvalue weighted by atomic mass is 9.52. The summed E-state index contributed by atoms with van der Waals surface area (Å²) in [5.41, 5.74) is 0. The van der Waals surface area contributed by atoms with Crippen LogP contribution in [0.2, 0.25) is 0 Å². The lowest BCUT2D eigenvalue weighted by molar-refractivity contribution is 0.258. The van der Waals surface area contributed by atoms with Crippen LogP contribution in [0.1, 0.15) is 25.7 Å². The van der Waals surface area contributed by atoms with Crippen molar-refractivity contribution < 1.29 is 0 Å². The molecule has 0 aromatic heterocycles. The van der Waals surface area contributed by atoms with Gasteiger partial charge in [0, 0.05) is 13.1 Å². The summed E-state index contributed by atoms with van der Waals surface area (Å²) in [6, 6.07) is 0. The van der Waals surface area contributed by atoms with E-state index in [1.54, 1.807) is 0 Å². The molecule has 3 rings (SSSR count). The van der Waals surface area contributed by atoms with Gasteiger partial charge in [-0.15, -0.1) is 0 Å². The summed E-state index contributed by atoms with van der Waals surface area (Å²) >= 11 is 0. The summed E-state index contributed by atoms with van der Waals surface area (Å²) in [4.78, 5) is 2.23. The fourth-order valence-electron chi connectivity index (χ4n) is 3.65. The van der Waals surface area contributed by atoms with Crippen LogP contribution in [0.25, 0.3) is 0 Å². The highest BCUT2D eigenvalue weighted by Gasteiger charge is 2.51. The van der Waals surface area contributed by atoms with E-state index in [2.05, 4.69) is 4.90 Å². The molecule has 0 spiro atoms. The predicted octanol–water partition coefficient (Wildman–Crippen LogP) is 0.729. The zero-order valence-corrected chi connectivity index (χ0v) is 8.08. The van der Waals surface area contributed by atoms with E-state index in [1.165, 1.54) is 25.7 Å². The molecule has 3 fully saturated rings. The second kappa shape index (κ2) is 2.56. The molecule has 1 saturated heterocycles. The monoisotopic (exact) mass is 171 g/mol. The van der Waals surface area contributed by atoms with Gasteiger partial charge in [-0.1, -0.05) is 5.34 Å². The third-order valence-electron chi connectivity index (χ3n) is 4.36. The SMILES string of the molecule is [B]C([B])(C1C2CCC1CC2)N1CC1. The average Bonchev–Trinajstić information content (AvgIpc) is 2.79. The van der Waals surface area contributed by atoms with Gasteiger partial charge in [0.05, 0.1) is 15.7 Å². The summed E-state index contributed by atoms with van der Waals surface area (Å²) in [7, 11) is 12.5. The van der Waals surface area contributed by atoms with Gasteiger partial charge in [0.2, 0.25) is 0 Å². The largest absolute Gasteiger partial charge is 0.312 e. The zero-order valence-electron chi connectivity index (χ0n) is 8.08. The van der Waals surface area contributed by atoms with Gasteiger partial charge in [-0.25, -0.2) is 0 Å². The van der Waals surface area contributed by atoms with Crippen LogP contribution in [-0.2, 0) is 0 Å². The van der Waals surface area contributed by atoms with Crippen LogP contribution in [0.15, 0.2) is 0 Å². The van der Waals surface area contributed by atoms with Gasteiger partial charge in [0.1, 0.15) is 0 Å². The molecule has 0 atom stereocenters. The van der Waals surface area contributed by atoms with Crippen molar-refractivity contribution in [2.75, 3.05) is 13.1 Å². The number of fused-ring (bicyclic) bond motifs is 2. The zero-order chi connectivity index (χ0) is 9.05. The molecule has 0 aromatic carbocycles. The molecular formula is C10H15B2N. The van der Waals surface area contributed by atoms with Gasteiger partial charge in [0.25, 0.3) is 0 Å². The van der Waals surface area contributed by atoms with Gasteiger partial charge >= 0.3 is 0 Å². The standard InChI is InChI=1S/C10H15B2N/c11-10(12,13-5-6-13)9-7-1-2-8(9)4-3-7/h7-9H,1-6H2. The van der Waals surface area contributed by atoms with Crippen molar-refractivity contribution in [3.05, 3.63) is 0 Å². The molecule has 1 nitrogen and oxygen atoms in total. The Hall–Kier alpha value is 0.0899. The van der Waals surface area contributed by atoms with E-state index in [1.807, 2.05) is 0 Å². The van der Waals surface area contributed by atoms with Crippen molar-refractivity contribution in [2.24, 2.45) is 17.8 Å². The Kier molecular flexibility index (Phi) is 1.66. The summed E-state index contributed by atoms with van der Waals surface area (Å²) in [5.74, 6) is 2.26. The molecule has 0 amide bonds. The summed E-state index contributed by atoms with van der Waals surface area (Å²) < 4.78 is 0. The van der Waals surface area contributed by atoms with E-state index in [4.69, 9.17) is 15.7 Å². The summed E-state index contributed by atoms with van der Waals surface area (Å²) in [6.07, 6.45) is 5.50. The third-order valence-corrected chi connectivity index (χ3v) is 4.36. The molecular weight excluding hydrogens is 156 g/mol. The molecule has 66 valence electrons. The predicted molar refractivity (Wildman–Crippen MR) is 54.8 cm³/mol. The van der Waals surface area contributed by atoms with Crippen molar-refractivity contribution in [1.29, 1.82) is 0 Å². The average molecular weight is 171 g/mol. The minimum atomic E-state index is -0.470. The normalized spacial score (nSPS) is 44.2. The Morgan fingerprint density at radius 3 is 1.77 bits per heavy atom. The van der Waals surface area contributed by atoms with Crippen LogP contribution < -0.4 is 0 Å². The van der Waals surface area contributed by atoms with E-state index < -0.39 is 5.34 Å². The Balaban J connectivity index is 1.83. The van der Waals surface area contributed by atoms with Crippen molar-refractivity contribution in [2.45, 2.75) is 31.0 Å². The molecule has 4 radical (unpaired) electrons. The van der Waals surface area contributed by atoms with Gasteiger partial charge in [0.15, 0.2) is 0 Å². The maximum Gasteiger partial charge on any atom is 0.0828 e. The smallest absolute Gasteiger partial charge is 0.0828 e. The van der Waals surface area contributed by atoms with Gasteiger partial charge in [-0.2, -0.15) is 0 Å². The van der Waals surface area contributed by atoms with E-state index in [0.29, 0.717) is 5.92 Å². The lowest BCUT2D eigenvalue weighted by Crippen LogP contribution is -2.48. The summed E-state index contributed by atoms with van der Waals surface area (Å²) in [5, 5.41) is -0.470. The van der Waals surface area contributed by atoms with Crippen LogP contribution in [0, 0.1) is 17.8 Å². The molecule has 1 aliphatic heterocycles. The Morgan fingerprint density at radius 1 is 0.923 bits per heavy atom. The molecule has 0 unspecified atom stereocenters. The molecule has 0 N–H and O–H groups in total. The molecule has 3 aliphatic rings.